The van der Waals surface area contributed by atoms with Crippen LogP contribution >= 0.6 is 12.2 Å². The quantitative estimate of drug-likeness (QED) is 0.838. The third-order valence-electron chi connectivity index (χ3n) is 2.90. The van der Waals surface area contributed by atoms with Gasteiger partial charge < -0.3 is 15.8 Å². The lowest BCUT2D eigenvalue weighted by Crippen LogP contribution is -2.12. The molecule has 0 radical (unpaired) electrons. The molecule has 98 valence electrons. The van der Waals surface area contributed by atoms with E-state index in [2.05, 4.69) is 5.32 Å². The van der Waals surface area contributed by atoms with Gasteiger partial charge in [0.25, 0.3) is 0 Å². The molecule has 0 heterocycles. The normalized spacial score (nSPS) is 10.0. The van der Waals surface area contributed by atoms with E-state index in [0.717, 1.165) is 28.3 Å². The molecule has 0 bridgehead atoms. The molecule has 0 aliphatic carbocycles. The lowest BCUT2D eigenvalue weighted by Gasteiger charge is -2.16. The van der Waals surface area contributed by atoms with Gasteiger partial charge in [0.15, 0.2) is 0 Å². The number of nitrogens with one attached hydrogen (secondary N) is 1. The van der Waals surface area contributed by atoms with Crippen LogP contribution in [-0.2, 0) is 0 Å². The first-order valence-electron chi connectivity index (χ1n) is 5.93. The predicted octanol–water partition coefficient (Wildman–Crippen LogP) is 3.38. The fraction of sp³-hybridized carbons (Fsp3) is 0.133. The van der Waals surface area contributed by atoms with Gasteiger partial charge >= 0.3 is 0 Å². The van der Waals surface area contributed by atoms with E-state index in [4.69, 9.17) is 22.7 Å². The van der Waals surface area contributed by atoms with Gasteiger partial charge in [0.1, 0.15) is 10.7 Å². The molecule has 2 aromatic carbocycles. The number of hydrogen-bond acceptors (Lipinski definition) is 3. The van der Waals surface area contributed by atoms with Gasteiger partial charge in [-0.15, -0.1) is 0 Å². The number of benzene rings is 2. The Balaban J connectivity index is 2.46. The second kappa shape index (κ2) is 5.71. The molecular formula is C15H16N2OS. The zero-order chi connectivity index (χ0) is 13.8. The van der Waals surface area contributed by atoms with Crippen LogP contribution in [0.4, 0.5) is 11.4 Å². The zero-order valence-corrected chi connectivity index (χ0v) is 11.8. The molecule has 0 spiro atoms. The van der Waals surface area contributed by atoms with Gasteiger partial charge in [-0.3, -0.25) is 0 Å². The molecule has 0 aliphatic heterocycles. The van der Waals surface area contributed by atoms with E-state index < -0.39 is 0 Å². The van der Waals surface area contributed by atoms with Gasteiger partial charge in [-0.1, -0.05) is 36.5 Å². The molecule has 2 rings (SSSR count). The Morgan fingerprint density at radius 3 is 2.58 bits per heavy atom. The van der Waals surface area contributed by atoms with E-state index in [1.807, 2.05) is 49.4 Å². The summed E-state index contributed by atoms with van der Waals surface area (Å²) in [4.78, 5) is 0.376. The minimum absolute atomic E-state index is 0.376. The lowest BCUT2D eigenvalue weighted by atomic mass is 10.1. The zero-order valence-electron chi connectivity index (χ0n) is 10.9. The maximum absolute atomic E-state index is 5.77. The number of para-hydroxylation sites is 3. The molecule has 19 heavy (non-hydrogen) atoms. The summed E-state index contributed by atoms with van der Waals surface area (Å²) in [6, 6.07) is 13.6. The summed E-state index contributed by atoms with van der Waals surface area (Å²) in [5, 5.41) is 3.35. The maximum Gasteiger partial charge on any atom is 0.142 e. The topological polar surface area (TPSA) is 47.3 Å². The van der Waals surface area contributed by atoms with Crippen LogP contribution in [0.2, 0.25) is 0 Å². The summed E-state index contributed by atoms with van der Waals surface area (Å²) in [6.07, 6.45) is 0. The highest BCUT2D eigenvalue weighted by Gasteiger charge is 2.10. The third kappa shape index (κ3) is 2.85. The van der Waals surface area contributed by atoms with Crippen molar-refractivity contribution in [2.24, 2.45) is 5.73 Å². The van der Waals surface area contributed by atoms with E-state index >= 15 is 0 Å². The van der Waals surface area contributed by atoms with E-state index in [1.165, 1.54) is 0 Å². The average molecular weight is 272 g/mol. The van der Waals surface area contributed by atoms with Crippen LogP contribution in [0.15, 0.2) is 42.5 Å². The van der Waals surface area contributed by atoms with Crippen LogP contribution in [0.25, 0.3) is 0 Å². The maximum atomic E-state index is 5.77. The van der Waals surface area contributed by atoms with Crippen molar-refractivity contribution in [2.75, 3.05) is 12.4 Å². The first-order chi connectivity index (χ1) is 9.13. The molecule has 2 aromatic rings. The average Bonchev–Trinajstić information content (AvgIpc) is 2.41. The predicted molar refractivity (Wildman–Crippen MR) is 83.3 cm³/mol. The number of methoxy groups -OCH3 is 1. The Kier molecular flexibility index (Phi) is 4.02. The summed E-state index contributed by atoms with van der Waals surface area (Å²) in [7, 11) is 1.65. The van der Waals surface area contributed by atoms with Gasteiger partial charge in [-0.05, 0) is 30.7 Å². The molecule has 0 fully saturated rings. The highest BCUT2D eigenvalue weighted by molar-refractivity contribution is 7.80. The largest absolute Gasteiger partial charge is 0.495 e. The van der Waals surface area contributed by atoms with Crippen molar-refractivity contribution in [3.63, 3.8) is 0 Å². The van der Waals surface area contributed by atoms with Crippen molar-refractivity contribution in [2.45, 2.75) is 6.92 Å². The fourth-order valence-corrected chi connectivity index (χ4v) is 2.09. The second-order valence-corrected chi connectivity index (χ2v) is 4.63. The van der Waals surface area contributed by atoms with Crippen LogP contribution in [0.5, 0.6) is 5.75 Å². The van der Waals surface area contributed by atoms with E-state index in [0.29, 0.717) is 4.99 Å². The van der Waals surface area contributed by atoms with E-state index in [1.54, 1.807) is 7.11 Å². The van der Waals surface area contributed by atoms with Gasteiger partial charge in [0, 0.05) is 5.56 Å². The molecule has 3 N–H and O–H groups in total. The highest BCUT2D eigenvalue weighted by atomic mass is 32.1. The van der Waals surface area contributed by atoms with Crippen molar-refractivity contribution in [1.82, 2.24) is 0 Å². The minimum Gasteiger partial charge on any atom is -0.495 e. The van der Waals surface area contributed by atoms with E-state index in [-0.39, 0.29) is 0 Å². The smallest absolute Gasteiger partial charge is 0.142 e. The van der Waals surface area contributed by atoms with Crippen LogP contribution < -0.4 is 15.8 Å². The van der Waals surface area contributed by atoms with Gasteiger partial charge in [-0.2, -0.15) is 0 Å². The molecule has 0 aromatic heterocycles. The van der Waals surface area contributed by atoms with Crippen LogP contribution in [0.1, 0.15) is 11.1 Å². The molecule has 0 saturated carbocycles. The Morgan fingerprint density at radius 1 is 1.16 bits per heavy atom. The van der Waals surface area contributed by atoms with Crippen molar-refractivity contribution >= 4 is 28.6 Å². The summed E-state index contributed by atoms with van der Waals surface area (Å²) < 4.78 is 5.33. The summed E-state index contributed by atoms with van der Waals surface area (Å²) in [6.45, 7) is 2.01. The van der Waals surface area contributed by atoms with Crippen molar-refractivity contribution < 1.29 is 4.74 Å². The van der Waals surface area contributed by atoms with Crippen molar-refractivity contribution in [3.8, 4) is 5.75 Å². The number of thiocarbonyl (C=S) groups is 1. The molecule has 0 saturated heterocycles. The third-order valence-corrected chi connectivity index (χ3v) is 3.12. The molecule has 0 unspecified atom stereocenters. The SMILES string of the molecule is COc1ccccc1Nc1c(C)cccc1C(N)=S. The summed E-state index contributed by atoms with van der Waals surface area (Å²) in [5.41, 5.74) is 9.48. The van der Waals surface area contributed by atoms with E-state index in [9.17, 15) is 0 Å². The van der Waals surface area contributed by atoms with Gasteiger partial charge in [-0.25, -0.2) is 0 Å². The number of hydrogen-bond donors (Lipinski definition) is 2. The Morgan fingerprint density at radius 2 is 1.89 bits per heavy atom. The summed E-state index contributed by atoms with van der Waals surface area (Å²) in [5.74, 6) is 0.777. The van der Waals surface area contributed by atoms with Gasteiger partial charge in [0.05, 0.1) is 18.5 Å². The first kappa shape index (κ1) is 13.4. The molecule has 4 heteroatoms. The number of rotatable bonds is 4. The minimum atomic E-state index is 0.376. The standard InChI is InChI=1S/C15H16N2OS/c1-10-6-5-7-11(15(16)19)14(10)17-12-8-3-4-9-13(12)18-2/h3-9,17H,1-2H3,(H2,16,19). The Labute approximate surface area is 118 Å². The van der Waals surface area contributed by atoms with Crippen LogP contribution in [-0.4, -0.2) is 12.1 Å². The number of nitrogens with two attached hydrogens (primary N) is 1. The summed E-state index contributed by atoms with van der Waals surface area (Å²) >= 11 is 5.09. The number of aryl methyl sites for hydroxylation is 1. The lowest BCUT2D eigenvalue weighted by molar-refractivity contribution is 0.417. The Bertz CT molecular complexity index is 611. The van der Waals surface area contributed by atoms with Crippen LogP contribution in [0, 0.1) is 6.92 Å². The highest BCUT2D eigenvalue weighted by Crippen LogP contribution is 2.30. The van der Waals surface area contributed by atoms with Crippen molar-refractivity contribution in [1.29, 1.82) is 0 Å². The molecular weight excluding hydrogens is 256 g/mol. The second-order valence-electron chi connectivity index (χ2n) is 4.19. The van der Waals surface area contributed by atoms with Crippen molar-refractivity contribution in [3.05, 3.63) is 53.6 Å². The number of ether oxygens (including phenoxy) is 1. The molecule has 3 nitrogen and oxygen atoms in total. The Hall–Kier alpha value is -2.07. The van der Waals surface area contributed by atoms with Gasteiger partial charge in [0.2, 0.25) is 0 Å². The first-order valence-corrected chi connectivity index (χ1v) is 6.33. The fourth-order valence-electron chi connectivity index (χ4n) is 1.92. The molecule has 0 aliphatic rings. The molecule has 0 amide bonds. The number of anilines is 2. The monoisotopic (exact) mass is 272 g/mol. The van der Waals surface area contributed by atoms with Crippen LogP contribution in [0.3, 0.4) is 0 Å². The molecule has 0 atom stereocenters.